The Balaban J connectivity index is 1.45. The van der Waals surface area contributed by atoms with Crippen molar-refractivity contribution in [2.75, 3.05) is 0 Å². The molecule has 2 unspecified atom stereocenters. The predicted molar refractivity (Wildman–Crippen MR) is 108 cm³/mol. The van der Waals surface area contributed by atoms with Crippen LogP contribution in [0.1, 0.15) is 42.4 Å². The van der Waals surface area contributed by atoms with Gasteiger partial charge in [0.05, 0.1) is 11.1 Å². The van der Waals surface area contributed by atoms with Crippen LogP contribution >= 0.6 is 0 Å². The molecule has 0 aliphatic carbocycles. The summed E-state index contributed by atoms with van der Waals surface area (Å²) in [5.41, 5.74) is 3.85. The van der Waals surface area contributed by atoms with Crippen LogP contribution in [0.2, 0.25) is 0 Å². The molecule has 0 saturated carbocycles. The molecule has 27 heavy (non-hydrogen) atoms. The lowest BCUT2D eigenvalue weighted by molar-refractivity contribution is -0.0598. The molecule has 1 aromatic heterocycles. The molecule has 3 heteroatoms. The van der Waals surface area contributed by atoms with Crippen molar-refractivity contribution < 1.29 is 5.11 Å². The summed E-state index contributed by atoms with van der Waals surface area (Å²) in [6, 6.07) is 19.9. The highest BCUT2D eigenvalue weighted by molar-refractivity contribution is 5.82. The van der Waals surface area contributed by atoms with Crippen LogP contribution in [0.4, 0.5) is 0 Å². The van der Waals surface area contributed by atoms with E-state index in [2.05, 4.69) is 65.3 Å². The number of nitrogens with zero attached hydrogens (tertiary/aromatic N) is 2. The second-order valence-electron chi connectivity index (χ2n) is 8.30. The smallest absolute Gasteiger partial charge is 0.0929 e. The molecule has 3 aromatic rings. The van der Waals surface area contributed by atoms with E-state index in [-0.39, 0.29) is 0 Å². The van der Waals surface area contributed by atoms with Crippen LogP contribution in [0.15, 0.2) is 60.8 Å². The molecule has 0 spiro atoms. The van der Waals surface area contributed by atoms with Gasteiger partial charge in [0.25, 0.3) is 0 Å². The summed E-state index contributed by atoms with van der Waals surface area (Å²) in [6.07, 6.45) is 5.84. The van der Waals surface area contributed by atoms with Crippen LogP contribution < -0.4 is 0 Å². The lowest BCUT2D eigenvalue weighted by Gasteiger charge is -2.44. The summed E-state index contributed by atoms with van der Waals surface area (Å²) >= 11 is 0. The highest BCUT2D eigenvalue weighted by Crippen LogP contribution is 2.47. The predicted octanol–water partition coefficient (Wildman–Crippen LogP) is 4.56. The molecule has 2 fully saturated rings. The van der Waals surface area contributed by atoms with Gasteiger partial charge in [-0.25, -0.2) is 0 Å². The summed E-state index contributed by atoms with van der Waals surface area (Å²) in [5, 5.41) is 12.8. The largest absolute Gasteiger partial charge is 0.385 e. The lowest BCUT2D eigenvalue weighted by Crippen LogP contribution is -2.49. The van der Waals surface area contributed by atoms with Crippen LogP contribution in [-0.4, -0.2) is 27.1 Å². The van der Waals surface area contributed by atoms with Crippen LogP contribution in [0, 0.1) is 6.92 Å². The summed E-state index contributed by atoms with van der Waals surface area (Å²) in [6.45, 7) is 3.10. The minimum absolute atomic E-state index is 0.452. The topological polar surface area (TPSA) is 36.4 Å². The first-order valence-electron chi connectivity index (χ1n) is 10.0. The quantitative estimate of drug-likeness (QED) is 0.746. The van der Waals surface area contributed by atoms with Crippen LogP contribution in [0.25, 0.3) is 10.9 Å². The third-order valence-electron chi connectivity index (χ3n) is 6.65. The molecule has 2 bridgehead atoms. The summed E-state index contributed by atoms with van der Waals surface area (Å²) in [7, 11) is 0. The van der Waals surface area contributed by atoms with Gasteiger partial charge in [-0.1, -0.05) is 48.5 Å². The molecule has 2 aromatic carbocycles. The van der Waals surface area contributed by atoms with Crippen molar-refractivity contribution in [3.63, 3.8) is 0 Å². The third kappa shape index (κ3) is 2.86. The van der Waals surface area contributed by atoms with Gasteiger partial charge in [0.1, 0.15) is 0 Å². The Kier molecular flexibility index (Phi) is 4.03. The fourth-order valence-corrected chi connectivity index (χ4v) is 5.38. The van der Waals surface area contributed by atoms with Gasteiger partial charge < -0.3 is 5.11 Å². The van der Waals surface area contributed by atoms with E-state index in [4.69, 9.17) is 0 Å². The normalized spacial score (nSPS) is 27.9. The lowest BCUT2D eigenvalue weighted by atomic mass is 9.78. The average molecular weight is 358 g/mol. The minimum atomic E-state index is -0.741. The SMILES string of the molecule is Cc1c(C2(O)CC3CCC(C2)N3Cc2ccccc2)ccc2cccnc12. The zero-order valence-electron chi connectivity index (χ0n) is 15.8. The molecule has 0 radical (unpaired) electrons. The first-order valence-corrected chi connectivity index (χ1v) is 10.0. The van der Waals surface area contributed by atoms with E-state index >= 15 is 0 Å². The van der Waals surface area contributed by atoms with Gasteiger partial charge in [-0.05, 0) is 55.4 Å². The molecule has 1 N–H and O–H groups in total. The van der Waals surface area contributed by atoms with Gasteiger partial charge in [-0.3, -0.25) is 9.88 Å². The minimum Gasteiger partial charge on any atom is -0.385 e. The van der Waals surface area contributed by atoms with Crippen molar-refractivity contribution in [3.8, 4) is 0 Å². The molecule has 2 aliphatic rings. The molecule has 138 valence electrons. The first kappa shape index (κ1) is 16.9. The zero-order chi connectivity index (χ0) is 18.4. The number of fused-ring (bicyclic) bond motifs is 3. The Morgan fingerprint density at radius 1 is 1.00 bits per heavy atom. The zero-order valence-corrected chi connectivity index (χ0v) is 15.8. The number of aromatic nitrogens is 1. The highest BCUT2D eigenvalue weighted by atomic mass is 16.3. The van der Waals surface area contributed by atoms with Crippen molar-refractivity contribution >= 4 is 10.9 Å². The van der Waals surface area contributed by atoms with E-state index in [0.717, 1.165) is 41.4 Å². The van der Waals surface area contributed by atoms with Crippen molar-refractivity contribution in [2.24, 2.45) is 0 Å². The number of aryl methyl sites for hydroxylation is 1. The van der Waals surface area contributed by atoms with Crippen molar-refractivity contribution in [3.05, 3.63) is 77.5 Å². The Labute approximate surface area is 160 Å². The van der Waals surface area contributed by atoms with Crippen LogP contribution in [0.3, 0.4) is 0 Å². The Morgan fingerprint density at radius 2 is 1.74 bits per heavy atom. The monoisotopic (exact) mass is 358 g/mol. The van der Waals surface area contributed by atoms with E-state index in [9.17, 15) is 5.11 Å². The molecule has 3 heterocycles. The number of rotatable bonds is 3. The molecule has 5 rings (SSSR count). The van der Waals surface area contributed by atoms with Gasteiger partial charge >= 0.3 is 0 Å². The molecule has 0 amide bonds. The Hall–Kier alpha value is -2.23. The molecule has 2 atom stereocenters. The molecule has 2 aliphatic heterocycles. The fraction of sp³-hybridized carbons (Fsp3) is 0.375. The van der Waals surface area contributed by atoms with Gasteiger partial charge in [-0.2, -0.15) is 0 Å². The van der Waals surface area contributed by atoms with Crippen LogP contribution in [0.5, 0.6) is 0 Å². The number of aliphatic hydroxyl groups is 1. The first-order chi connectivity index (χ1) is 13.1. The van der Waals surface area contributed by atoms with Crippen molar-refractivity contribution in [2.45, 2.75) is 56.8 Å². The number of hydrogen-bond acceptors (Lipinski definition) is 3. The van der Waals surface area contributed by atoms with Gasteiger partial charge in [0.2, 0.25) is 0 Å². The van der Waals surface area contributed by atoms with E-state index in [1.807, 2.05) is 12.3 Å². The second kappa shape index (κ2) is 6.43. The molecular formula is C24H26N2O. The molecule has 3 nitrogen and oxygen atoms in total. The maximum atomic E-state index is 11.7. The van der Waals surface area contributed by atoms with Gasteiger partial charge in [-0.15, -0.1) is 0 Å². The molecular weight excluding hydrogens is 332 g/mol. The van der Waals surface area contributed by atoms with Crippen molar-refractivity contribution in [1.29, 1.82) is 0 Å². The number of hydrogen-bond donors (Lipinski definition) is 1. The van der Waals surface area contributed by atoms with Crippen molar-refractivity contribution in [1.82, 2.24) is 9.88 Å². The summed E-state index contributed by atoms with van der Waals surface area (Å²) < 4.78 is 0. The number of pyridine rings is 1. The van der Waals surface area contributed by atoms with Gasteiger partial charge in [0.15, 0.2) is 0 Å². The number of piperidine rings is 1. The number of benzene rings is 2. The average Bonchev–Trinajstić information content (AvgIpc) is 2.93. The maximum absolute atomic E-state index is 11.7. The van der Waals surface area contributed by atoms with E-state index in [1.54, 1.807) is 0 Å². The van der Waals surface area contributed by atoms with E-state index in [1.165, 1.54) is 18.4 Å². The Morgan fingerprint density at radius 3 is 2.48 bits per heavy atom. The summed E-state index contributed by atoms with van der Waals surface area (Å²) in [5.74, 6) is 0. The maximum Gasteiger partial charge on any atom is 0.0929 e. The highest BCUT2D eigenvalue weighted by Gasteiger charge is 2.48. The third-order valence-corrected chi connectivity index (χ3v) is 6.65. The standard InChI is InChI=1S/C24H26N2O/c1-17-22(12-9-19-8-5-13-25-23(17)19)24(27)14-20-10-11-21(15-24)26(20)16-18-6-3-2-4-7-18/h2-9,12-13,20-21,27H,10-11,14-16H2,1H3. The summed E-state index contributed by atoms with van der Waals surface area (Å²) in [4.78, 5) is 7.19. The van der Waals surface area contributed by atoms with E-state index < -0.39 is 5.60 Å². The molecule has 2 saturated heterocycles. The van der Waals surface area contributed by atoms with Crippen LogP contribution in [-0.2, 0) is 12.1 Å². The van der Waals surface area contributed by atoms with Gasteiger partial charge in [0, 0.05) is 30.2 Å². The second-order valence-corrected chi connectivity index (χ2v) is 8.30. The Bertz CT molecular complexity index is 955. The fourth-order valence-electron chi connectivity index (χ4n) is 5.38. The van der Waals surface area contributed by atoms with E-state index in [0.29, 0.717) is 12.1 Å².